The summed E-state index contributed by atoms with van der Waals surface area (Å²) < 4.78 is 31.6. The van der Waals surface area contributed by atoms with Gasteiger partial charge in [-0.05, 0) is 12.1 Å². The van der Waals surface area contributed by atoms with Crippen LogP contribution in [0.15, 0.2) is 23.0 Å². The van der Waals surface area contributed by atoms with Crippen LogP contribution in [0.4, 0.5) is 0 Å². The average Bonchev–Trinajstić information content (AvgIpc) is 2.24. The van der Waals surface area contributed by atoms with Crippen molar-refractivity contribution >= 4 is 21.3 Å². The summed E-state index contributed by atoms with van der Waals surface area (Å²) in [6.07, 6.45) is 0. The minimum atomic E-state index is -4.29. The second-order valence-electron chi connectivity index (χ2n) is 3.39. The molecular formula is C9H5NO6S. The van der Waals surface area contributed by atoms with E-state index in [4.69, 9.17) is 0 Å². The molecule has 17 heavy (non-hydrogen) atoms. The van der Waals surface area contributed by atoms with Gasteiger partial charge in [0.25, 0.3) is 5.56 Å². The lowest BCUT2D eigenvalue weighted by molar-refractivity contribution is 0.367. The van der Waals surface area contributed by atoms with Crippen LogP contribution in [-0.4, -0.2) is 18.5 Å². The van der Waals surface area contributed by atoms with Gasteiger partial charge in [-0.3, -0.25) is 4.79 Å². The molecule has 0 fully saturated rings. The molecule has 8 heteroatoms. The number of pyridine rings is 1. The van der Waals surface area contributed by atoms with E-state index in [1.165, 1.54) is 18.2 Å². The molecule has 0 radical (unpaired) electrons. The maximum absolute atomic E-state index is 11.3. The topological polar surface area (TPSA) is 106 Å². The van der Waals surface area contributed by atoms with E-state index in [0.717, 1.165) is 0 Å². The van der Waals surface area contributed by atoms with Crippen molar-refractivity contribution in [2.75, 3.05) is 0 Å². The van der Waals surface area contributed by atoms with Crippen LogP contribution in [-0.2, 0) is 10.4 Å². The standard InChI is InChI=1S/C9H5NO6S/c11-7-8-6-4(10-9(7)12)2-1-3-5(6)15-17(13,14)16-8/h1-3,11H,(H,10,12). The molecule has 1 aromatic carbocycles. The lowest BCUT2D eigenvalue weighted by Crippen LogP contribution is -2.22. The van der Waals surface area contributed by atoms with Crippen molar-refractivity contribution in [3.63, 3.8) is 0 Å². The highest BCUT2D eigenvalue weighted by atomic mass is 32.3. The Morgan fingerprint density at radius 3 is 2.76 bits per heavy atom. The first-order valence-corrected chi connectivity index (χ1v) is 5.83. The molecule has 0 aliphatic carbocycles. The highest BCUT2D eigenvalue weighted by molar-refractivity contribution is 7.82. The molecule has 0 amide bonds. The van der Waals surface area contributed by atoms with Gasteiger partial charge in [0.1, 0.15) is 0 Å². The summed E-state index contributed by atoms with van der Waals surface area (Å²) in [5.41, 5.74) is -0.517. The highest BCUT2D eigenvalue weighted by Gasteiger charge is 2.30. The smallest absolute Gasteiger partial charge is 0.500 e. The Labute approximate surface area is 94.6 Å². The Bertz CT molecular complexity index is 791. The Kier molecular flexibility index (Phi) is 1.71. The van der Waals surface area contributed by atoms with Gasteiger partial charge in [0.2, 0.25) is 11.5 Å². The molecule has 3 rings (SSSR count). The summed E-state index contributed by atoms with van der Waals surface area (Å²) in [6, 6.07) is 4.44. The molecule has 2 aromatic rings. The van der Waals surface area contributed by atoms with E-state index < -0.39 is 27.5 Å². The van der Waals surface area contributed by atoms with E-state index in [1.807, 2.05) is 0 Å². The summed E-state index contributed by atoms with van der Waals surface area (Å²) in [5.74, 6) is -1.21. The first-order chi connectivity index (χ1) is 7.98. The van der Waals surface area contributed by atoms with Crippen molar-refractivity contribution in [2.45, 2.75) is 0 Å². The molecule has 1 aromatic heterocycles. The SMILES string of the molecule is O=c1[nH]c2cccc3c2c(c1O)OS(=O)(=O)O3. The molecule has 0 atom stereocenters. The van der Waals surface area contributed by atoms with E-state index in [-0.39, 0.29) is 11.1 Å². The van der Waals surface area contributed by atoms with Crippen molar-refractivity contribution < 1.29 is 21.9 Å². The van der Waals surface area contributed by atoms with Crippen LogP contribution in [0.3, 0.4) is 0 Å². The zero-order valence-corrected chi connectivity index (χ0v) is 8.95. The van der Waals surface area contributed by atoms with Gasteiger partial charge in [-0.15, -0.1) is 8.42 Å². The zero-order chi connectivity index (χ0) is 12.2. The summed E-state index contributed by atoms with van der Waals surface area (Å²) >= 11 is 0. The quantitative estimate of drug-likeness (QED) is 0.699. The number of hydrogen-bond donors (Lipinski definition) is 2. The lowest BCUT2D eigenvalue weighted by atomic mass is 10.2. The molecular weight excluding hydrogens is 250 g/mol. The maximum Gasteiger partial charge on any atom is 0.501 e. The molecule has 1 aliphatic heterocycles. The van der Waals surface area contributed by atoms with Gasteiger partial charge < -0.3 is 18.5 Å². The van der Waals surface area contributed by atoms with Gasteiger partial charge in [0.15, 0.2) is 5.75 Å². The zero-order valence-electron chi connectivity index (χ0n) is 8.13. The molecule has 88 valence electrons. The van der Waals surface area contributed by atoms with E-state index in [1.54, 1.807) is 0 Å². The highest BCUT2D eigenvalue weighted by Crippen LogP contribution is 2.41. The molecule has 0 saturated heterocycles. The minimum Gasteiger partial charge on any atom is -0.500 e. The Balaban J connectivity index is 2.56. The van der Waals surface area contributed by atoms with Crippen molar-refractivity contribution in [3.05, 3.63) is 28.6 Å². The minimum absolute atomic E-state index is 0.00435. The second kappa shape index (κ2) is 2.92. The number of H-pyrrole nitrogens is 1. The van der Waals surface area contributed by atoms with E-state index in [0.29, 0.717) is 5.52 Å². The van der Waals surface area contributed by atoms with Crippen molar-refractivity contribution in [1.29, 1.82) is 0 Å². The van der Waals surface area contributed by atoms with E-state index >= 15 is 0 Å². The third kappa shape index (κ3) is 1.34. The number of aromatic hydroxyl groups is 1. The van der Waals surface area contributed by atoms with Crippen LogP contribution in [0, 0.1) is 0 Å². The van der Waals surface area contributed by atoms with Crippen LogP contribution in [0.2, 0.25) is 0 Å². The fourth-order valence-corrected chi connectivity index (χ4v) is 2.41. The number of aromatic nitrogens is 1. The number of nitrogens with one attached hydrogen (secondary N) is 1. The fourth-order valence-electron chi connectivity index (χ4n) is 1.65. The van der Waals surface area contributed by atoms with E-state index in [9.17, 15) is 18.3 Å². The van der Waals surface area contributed by atoms with Gasteiger partial charge >= 0.3 is 10.4 Å². The van der Waals surface area contributed by atoms with Crippen molar-refractivity contribution in [1.82, 2.24) is 4.98 Å². The fraction of sp³-hybridized carbons (Fsp3) is 0. The van der Waals surface area contributed by atoms with Crippen LogP contribution in [0.1, 0.15) is 0 Å². The number of aromatic amines is 1. The third-order valence-corrected chi connectivity index (χ3v) is 3.06. The summed E-state index contributed by atoms with van der Waals surface area (Å²) in [4.78, 5) is 13.7. The van der Waals surface area contributed by atoms with Crippen LogP contribution >= 0.6 is 0 Å². The van der Waals surface area contributed by atoms with Gasteiger partial charge in [0.05, 0.1) is 10.9 Å². The molecule has 2 heterocycles. The molecule has 0 spiro atoms. The van der Waals surface area contributed by atoms with Crippen molar-refractivity contribution in [3.8, 4) is 17.2 Å². The maximum atomic E-state index is 11.3. The van der Waals surface area contributed by atoms with Gasteiger partial charge in [-0.25, -0.2) is 0 Å². The monoisotopic (exact) mass is 255 g/mol. The van der Waals surface area contributed by atoms with Crippen LogP contribution in [0.5, 0.6) is 17.2 Å². The summed E-state index contributed by atoms with van der Waals surface area (Å²) in [5, 5.41) is 9.71. The second-order valence-corrected chi connectivity index (χ2v) is 4.54. The van der Waals surface area contributed by atoms with Gasteiger partial charge in [-0.2, -0.15) is 0 Å². The molecule has 0 saturated carbocycles. The molecule has 2 N–H and O–H groups in total. The first kappa shape index (κ1) is 9.97. The van der Waals surface area contributed by atoms with Crippen molar-refractivity contribution in [2.24, 2.45) is 0 Å². The third-order valence-electron chi connectivity index (χ3n) is 2.31. The van der Waals surface area contributed by atoms with E-state index in [2.05, 4.69) is 13.4 Å². The average molecular weight is 255 g/mol. The first-order valence-electron chi connectivity index (χ1n) is 4.50. The lowest BCUT2D eigenvalue weighted by Gasteiger charge is -2.17. The van der Waals surface area contributed by atoms with Crippen LogP contribution < -0.4 is 13.9 Å². The largest absolute Gasteiger partial charge is 0.501 e. The molecule has 1 aliphatic rings. The van der Waals surface area contributed by atoms with Gasteiger partial charge in [-0.1, -0.05) is 6.07 Å². The molecule has 0 unspecified atom stereocenters. The van der Waals surface area contributed by atoms with Gasteiger partial charge in [0, 0.05) is 0 Å². The van der Waals surface area contributed by atoms with Crippen LogP contribution in [0.25, 0.3) is 10.9 Å². The predicted molar refractivity (Wildman–Crippen MR) is 56.4 cm³/mol. The number of hydrogen-bond acceptors (Lipinski definition) is 6. The number of rotatable bonds is 0. The summed E-state index contributed by atoms with van der Waals surface area (Å²) in [6.45, 7) is 0. The molecule has 0 bridgehead atoms. The Morgan fingerprint density at radius 1 is 1.24 bits per heavy atom. The number of benzene rings is 1. The normalized spacial score (nSPS) is 16.2. The Hall–Kier alpha value is -2.22. The summed E-state index contributed by atoms with van der Waals surface area (Å²) in [7, 11) is -4.29. The predicted octanol–water partition coefficient (Wildman–Crippen LogP) is 0.250. The molecule has 7 nitrogen and oxygen atoms in total. The Morgan fingerprint density at radius 2 is 2.00 bits per heavy atom.